The Bertz CT molecular complexity index is 759. The number of nitrogens with zero attached hydrogens (tertiary/aromatic N) is 2. The SMILES string of the molecule is CCCCN(C)C(=O)Cn1c(=O)oc2cc(C(=O)O)ccc21. The lowest BCUT2D eigenvalue weighted by atomic mass is 10.2. The molecule has 0 bridgehead atoms. The van der Waals surface area contributed by atoms with E-state index in [0.717, 1.165) is 12.8 Å². The molecule has 0 unspecified atom stereocenters. The maximum atomic E-state index is 12.1. The zero-order valence-electron chi connectivity index (χ0n) is 12.5. The first-order valence-electron chi connectivity index (χ1n) is 7.04. The number of carbonyl (C=O) groups is 2. The van der Waals surface area contributed by atoms with Crippen molar-refractivity contribution in [1.29, 1.82) is 0 Å². The second kappa shape index (κ2) is 6.46. The number of fused-ring (bicyclic) bond motifs is 1. The Morgan fingerprint density at radius 2 is 2.09 bits per heavy atom. The van der Waals surface area contributed by atoms with Crippen molar-refractivity contribution in [2.45, 2.75) is 26.3 Å². The molecule has 22 heavy (non-hydrogen) atoms. The molecule has 0 aliphatic carbocycles. The van der Waals surface area contributed by atoms with E-state index in [2.05, 4.69) is 0 Å². The molecule has 0 saturated heterocycles. The maximum Gasteiger partial charge on any atom is 0.420 e. The highest BCUT2D eigenvalue weighted by molar-refractivity contribution is 5.92. The molecule has 0 saturated carbocycles. The van der Waals surface area contributed by atoms with Gasteiger partial charge in [-0.1, -0.05) is 13.3 Å². The number of carboxylic acid groups (broad SMARTS) is 1. The summed E-state index contributed by atoms with van der Waals surface area (Å²) >= 11 is 0. The molecule has 0 fully saturated rings. The quantitative estimate of drug-likeness (QED) is 0.874. The number of unbranched alkanes of at least 4 members (excludes halogenated alkanes) is 1. The lowest BCUT2D eigenvalue weighted by molar-refractivity contribution is -0.130. The second-order valence-electron chi connectivity index (χ2n) is 5.11. The zero-order chi connectivity index (χ0) is 16.3. The van der Waals surface area contributed by atoms with Gasteiger partial charge < -0.3 is 14.4 Å². The Morgan fingerprint density at radius 3 is 2.73 bits per heavy atom. The molecule has 7 heteroatoms. The summed E-state index contributed by atoms with van der Waals surface area (Å²) in [5.74, 6) is -1.97. The number of aromatic nitrogens is 1. The molecule has 1 N–H and O–H groups in total. The lowest BCUT2D eigenvalue weighted by Crippen LogP contribution is -2.33. The molecule has 0 aliphatic rings. The van der Waals surface area contributed by atoms with Crippen LogP contribution in [-0.4, -0.2) is 40.0 Å². The fourth-order valence-corrected chi connectivity index (χ4v) is 2.13. The first-order valence-corrected chi connectivity index (χ1v) is 7.04. The summed E-state index contributed by atoms with van der Waals surface area (Å²) in [6.07, 6.45) is 1.87. The van der Waals surface area contributed by atoms with Crippen molar-refractivity contribution in [3.63, 3.8) is 0 Å². The Morgan fingerprint density at radius 1 is 1.36 bits per heavy atom. The summed E-state index contributed by atoms with van der Waals surface area (Å²) < 4.78 is 6.24. The number of carboxylic acids is 1. The van der Waals surface area contributed by atoms with Gasteiger partial charge in [-0.2, -0.15) is 0 Å². The van der Waals surface area contributed by atoms with Gasteiger partial charge in [0.15, 0.2) is 5.58 Å². The van der Waals surface area contributed by atoms with Crippen LogP contribution in [0.4, 0.5) is 0 Å². The van der Waals surface area contributed by atoms with Gasteiger partial charge in [-0.3, -0.25) is 9.36 Å². The van der Waals surface area contributed by atoms with Gasteiger partial charge in [0.2, 0.25) is 5.91 Å². The van der Waals surface area contributed by atoms with E-state index in [0.29, 0.717) is 12.1 Å². The molecule has 0 atom stereocenters. The first kappa shape index (κ1) is 15.8. The van der Waals surface area contributed by atoms with Crippen LogP contribution >= 0.6 is 0 Å². The summed E-state index contributed by atoms with van der Waals surface area (Å²) in [7, 11) is 1.69. The number of hydrogen-bond acceptors (Lipinski definition) is 4. The van der Waals surface area contributed by atoms with Crippen LogP contribution in [0.5, 0.6) is 0 Å². The van der Waals surface area contributed by atoms with Gasteiger partial charge >= 0.3 is 11.7 Å². The van der Waals surface area contributed by atoms with E-state index in [1.807, 2.05) is 6.92 Å². The van der Waals surface area contributed by atoms with E-state index in [1.165, 1.54) is 22.8 Å². The van der Waals surface area contributed by atoms with Gasteiger partial charge in [0.25, 0.3) is 0 Å². The Balaban J connectivity index is 2.28. The number of oxazole rings is 1. The molecule has 1 heterocycles. The minimum absolute atomic E-state index is 0.0276. The molecule has 0 aliphatic heterocycles. The maximum absolute atomic E-state index is 12.1. The summed E-state index contributed by atoms with van der Waals surface area (Å²) in [6, 6.07) is 4.13. The van der Waals surface area contributed by atoms with Crippen molar-refractivity contribution in [1.82, 2.24) is 9.47 Å². The van der Waals surface area contributed by atoms with Crippen LogP contribution < -0.4 is 5.76 Å². The molecule has 7 nitrogen and oxygen atoms in total. The van der Waals surface area contributed by atoms with Crippen LogP contribution in [-0.2, 0) is 11.3 Å². The summed E-state index contributed by atoms with van der Waals surface area (Å²) in [6.45, 7) is 2.54. The third kappa shape index (κ3) is 3.19. The highest BCUT2D eigenvalue weighted by atomic mass is 16.4. The predicted octanol–water partition coefficient (Wildman–Crippen LogP) is 1.55. The fourth-order valence-electron chi connectivity index (χ4n) is 2.13. The molecule has 1 amide bonds. The van der Waals surface area contributed by atoms with E-state index in [-0.39, 0.29) is 23.6 Å². The van der Waals surface area contributed by atoms with Gasteiger partial charge in [-0.15, -0.1) is 0 Å². The molecule has 0 spiro atoms. The van der Waals surface area contributed by atoms with Crippen molar-refractivity contribution in [2.24, 2.45) is 0 Å². The van der Waals surface area contributed by atoms with Crippen LogP contribution in [0.2, 0.25) is 0 Å². The molecule has 0 radical (unpaired) electrons. The monoisotopic (exact) mass is 306 g/mol. The van der Waals surface area contributed by atoms with Crippen molar-refractivity contribution in [2.75, 3.05) is 13.6 Å². The first-order chi connectivity index (χ1) is 10.4. The van der Waals surface area contributed by atoms with Gasteiger partial charge in [0.05, 0.1) is 11.1 Å². The molecular formula is C15H18N2O5. The van der Waals surface area contributed by atoms with E-state index < -0.39 is 11.7 Å². The third-order valence-corrected chi connectivity index (χ3v) is 3.48. The smallest absolute Gasteiger partial charge is 0.420 e. The minimum Gasteiger partial charge on any atom is -0.478 e. The zero-order valence-corrected chi connectivity index (χ0v) is 12.5. The molecule has 2 aromatic rings. The average Bonchev–Trinajstić information content (AvgIpc) is 2.79. The van der Waals surface area contributed by atoms with Crippen LogP contribution in [0.25, 0.3) is 11.1 Å². The van der Waals surface area contributed by atoms with E-state index in [9.17, 15) is 14.4 Å². The van der Waals surface area contributed by atoms with Crippen molar-refractivity contribution in [3.05, 3.63) is 34.3 Å². The molecule has 2 rings (SSSR count). The van der Waals surface area contributed by atoms with Gasteiger partial charge in [-0.25, -0.2) is 9.59 Å². The van der Waals surface area contributed by atoms with Crippen molar-refractivity contribution >= 4 is 23.0 Å². The Hall–Kier alpha value is -2.57. The van der Waals surface area contributed by atoms with Gasteiger partial charge in [0, 0.05) is 13.6 Å². The average molecular weight is 306 g/mol. The van der Waals surface area contributed by atoms with Crippen LogP contribution in [0.15, 0.2) is 27.4 Å². The number of rotatable bonds is 6. The Kier molecular flexibility index (Phi) is 4.65. The second-order valence-corrected chi connectivity index (χ2v) is 5.11. The lowest BCUT2D eigenvalue weighted by Gasteiger charge is -2.16. The molecule has 1 aromatic heterocycles. The summed E-state index contributed by atoms with van der Waals surface area (Å²) in [4.78, 5) is 36.5. The summed E-state index contributed by atoms with van der Waals surface area (Å²) in [5, 5.41) is 8.93. The third-order valence-electron chi connectivity index (χ3n) is 3.48. The van der Waals surface area contributed by atoms with E-state index >= 15 is 0 Å². The number of likely N-dealkylation sites (N-methyl/N-ethyl adjacent to an activating group) is 1. The standard InChI is InChI=1S/C15H18N2O5/c1-3-4-7-16(2)13(18)9-17-11-6-5-10(14(19)20)8-12(11)22-15(17)21/h5-6,8H,3-4,7,9H2,1-2H3,(H,19,20). The van der Waals surface area contributed by atoms with Crippen LogP contribution in [0.3, 0.4) is 0 Å². The van der Waals surface area contributed by atoms with Crippen LogP contribution in [0, 0.1) is 0 Å². The highest BCUT2D eigenvalue weighted by Gasteiger charge is 2.16. The highest BCUT2D eigenvalue weighted by Crippen LogP contribution is 2.15. The largest absolute Gasteiger partial charge is 0.478 e. The number of amides is 1. The molecule has 118 valence electrons. The van der Waals surface area contributed by atoms with E-state index in [1.54, 1.807) is 11.9 Å². The fraction of sp³-hybridized carbons (Fsp3) is 0.400. The topological polar surface area (TPSA) is 92.8 Å². The molecular weight excluding hydrogens is 288 g/mol. The van der Waals surface area contributed by atoms with Crippen molar-refractivity contribution < 1.29 is 19.1 Å². The van der Waals surface area contributed by atoms with Crippen molar-refractivity contribution in [3.8, 4) is 0 Å². The Labute approximate surface area is 126 Å². The van der Waals surface area contributed by atoms with Crippen LogP contribution in [0.1, 0.15) is 30.1 Å². The summed E-state index contributed by atoms with van der Waals surface area (Å²) in [5.41, 5.74) is 0.598. The molecule has 1 aromatic carbocycles. The minimum atomic E-state index is -1.10. The van der Waals surface area contributed by atoms with Gasteiger partial charge in [-0.05, 0) is 24.6 Å². The predicted molar refractivity (Wildman–Crippen MR) is 80.0 cm³/mol. The van der Waals surface area contributed by atoms with E-state index in [4.69, 9.17) is 9.52 Å². The van der Waals surface area contributed by atoms with Gasteiger partial charge in [0.1, 0.15) is 6.54 Å². The number of carbonyl (C=O) groups excluding carboxylic acids is 1. The number of aromatic carboxylic acids is 1. The normalized spacial score (nSPS) is 10.8. The number of hydrogen-bond donors (Lipinski definition) is 1. The number of benzene rings is 1.